The zero-order valence-electron chi connectivity index (χ0n) is 11.2. The van der Waals surface area contributed by atoms with Crippen LogP contribution in [0.4, 0.5) is 5.69 Å². The van der Waals surface area contributed by atoms with Crippen molar-refractivity contribution in [2.75, 3.05) is 4.90 Å². The van der Waals surface area contributed by atoms with Gasteiger partial charge in [0.15, 0.2) is 0 Å². The van der Waals surface area contributed by atoms with Crippen LogP contribution in [0, 0.1) is 0 Å². The van der Waals surface area contributed by atoms with Crippen molar-refractivity contribution in [1.82, 2.24) is 0 Å². The van der Waals surface area contributed by atoms with Gasteiger partial charge in [0.05, 0.1) is 10.9 Å². The third-order valence-corrected chi connectivity index (χ3v) is 4.49. The number of rotatable bonds is 4. The Labute approximate surface area is 121 Å². The first-order chi connectivity index (χ1) is 9.33. The molecule has 0 bridgehead atoms. The van der Waals surface area contributed by atoms with Crippen molar-refractivity contribution in [1.29, 1.82) is 0 Å². The second kappa shape index (κ2) is 5.28. The van der Waals surface area contributed by atoms with Crippen LogP contribution in [0.25, 0.3) is 0 Å². The highest BCUT2D eigenvalue weighted by atomic mass is 32.2. The average molecular weight is 293 g/mol. The van der Waals surface area contributed by atoms with E-state index in [4.69, 9.17) is 5.11 Å². The third kappa shape index (κ3) is 2.70. The minimum Gasteiger partial charge on any atom is -0.480 e. The van der Waals surface area contributed by atoms with Gasteiger partial charge in [0, 0.05) is 6.42 Å². The Morgan fingerprint density at radius 2 is 1.90 bits per heavy atom. The first-order valence-corrected chi connectivity index (χ1v) is 7.04. The number of carbonyl (C=O) groups is 3. The number of amides is 2. The van der Waals surface area contributed by atoms with Crippen molar-refractivity contribution in [2.24, 2.45) is 0 Å². The quantitative estimate of drug-likeness (QED) is 0.858. The fraction of sp³-hybridized carbons (Fsp3) is 0.357. The van der Waals surface area contributed by atoms with Crippen molar-refractivity contribution in [3.63, 3.8) is 0 Å². The fourth-order valence-corrected chi connectivity index (χ4v) is 3.19. The van der Waals surface area contributed by atoms with E-state index in [0.717, 1.165) is 16.7 Å². The summed E-state index contributed by atoms with van der Waals surface area (Å²) in [5.74, 6) is -1.64. The molecule has 1 aromatic rings. The van der Waals surface area contributed by atoms with Gasteiger partial charge in [0.1, 0.15) is 4.75 Å². The van der Waals surface area contributed by atoms with E-state index in [9.17, 15) is 14.4 Å². The van der Waals surface area contributed by atoms with Gasteiger partial charge in [-0.05, 0) is 26.0 Å². The molecule has 0 aliphatic carbocycles. The number of carbonyl (C=O) groups excluding carboxylic acids is 2. The van der Waals surface area contributed by atoms with Crippen LogP contribution in [0.2, 0.25) is 0 Å². The van der Waals surface area contributed by atoms with Crippen LogP contribution in [0.3, 0.4) is 0 Å². The average Bonchev–Trinajstić information content (AvgIpc) is 2.64. The summed E-state index contributed by atoms with van der Waals surface area (Å²) >= 11 is 1.02. The third-order valence-electron chi connectivity index (χ3n) is 3.07. The van der Waals surface area contributed by atoms with Crippen molar-refractivity contribution in [2.45, 2.75) is 30.3 Å². The molecule has 1 atom stereocenters. The Balaban J connectivity index is 2.20. The predicted octanol–water partition coefficient (Wildman–Crippen LogP) is 1.91. The summed E-state index contributed by atoms with van der Waals surface area (Å²) in [6.45, 7) is 3.06. The molecule has 0 aromatic heterocycles. The SMILES string of the molecule is CC(C)(SC1CC(=O)N(c2ccccc2)C1=O)C(=O)O. The lowest BCUT2D eigenvalue weighted by atomic mass is 10.2. The Bertz CT molecular complexity index is 556. The summed E-state index contributed by atoms with van der Waals surface area (Å²) in [5, 5.41) is 8.46. The molecule has 0 radical (unpaired) electrons. The molecule has 6 heteroatoms. The number of para-hydroxylation sites is 1. The van der Waals surface area contributed by atoms with E-state index in [2.05, 4.69) is 0 Å². The lowest BCUT2D eigenvalue weighted by Crippen LogP contribution is -2.35. The van der Waals surface area contributed by atoms with Crippen molar-refractivity contribution in [3.05, 3.63) is 30.3 Å². The Hall–Kier alpha value is -1.82. The minimum absolute atomic E-state index is 0.0368. The number of imide groups is 1. The number of aliphatic carboxylic acids is 1. The van der Waals surface area contributed by atoms with E-state index in [0.29, 0.717) is 5.69 Å². The van der Waals surface area contributed by atoms with Crippen LogP contribution in [0.5, 0.6) is 0 Å². The minimum atomic E-state index is -1.10. The Morgan fingerprint density at radius 3 is 2.45 bits per heavy atom. The van der Waals surface area contributed by atoms with Gasteiger partial charge in [0.25, 0.3) is 0 Å². The van der Waals surface area contributed by atoms with E-state index in [1.807, 2.05) is 0 Å². The summed E-state index contributed by atoms with van der Waals surface area (Å²) in [4.78, 5) is 36.6. The molecule has 1 fully saturated rings. The number of nitrogens with zero attached hydrogens (tertiary/aromatic N) is 1. The van der Waals surface area contributed by atoms with Crippen molar-refractivity contribution in [3.8, 4) is 0 Å². The maximum atomic E-state index is 12.3. The first-order valence-electron chi connectivity index (χ1n) is 6.16. The molecule has 0 saturated carbocycles. The number of anilines is 1. The molecule has 1 heterocycles. The van der Waals surface area contributed by atoms with E-state index in [1.165, 1.54) is 13.8 Å². The van der Waals surface area contributed by atoms with Gasteiger partial charge < -0.3 is 5.11 Å². The molecule has 1 aliphatic rings. The molecule has 1 aromatic carbocycles. The van der Waals surface area contributed by atoms with Crippen LogP contribution in [-0.4, -0.2) is 32.9 Å². The Kier molecular flexibility index (Phi) is 3.85. The van der Waals surface area contributed by atoms with Gasteiger partial charge in [-0.3, -0.25) is 14.4 Å². The predicted molar refractivity (Wildman–Crippen MR) is 76.6 cm³/mol. The summed E-state index contributed by atoms with van der Waals surface area (Å²) in [6.07, 6.45) is 0.0368. The highest BCUT2D eigenvalue weighted by molar-refractivity contribution is 8.02. The second-order valence-electron chi connectivity index (χ2n) is 5.03. The van der Waals surface area contributed by atoms with E-state index < -0.39 is 16.0 Å². The highest BCUT2D eigenvalue weighted by Crippen LogP contribution is 2.36. The molecular weight excluding hydrogens is 278 g/mol. The first kappa shape index (κ1) is 14.6. The van der Waals surface area contributed by atoms with Crippen LogP contribution < -0.4 is 4.90 Å². The number of hydrogen-bond acceptors (Lipinski definition) is 4. The maximum absolute atomic E-state index is 12.3. The molecule has 5 nitrogen and oxygen atoms in total. The number of thioether (sulfide) groups is 1. The molecule has 1 saturated heterocycles. The lowest BCUT2D eigenvalue weighted by Gasteiger charge is -2.21. The summed E-state index contributed by atoms with van der Waals surface area (Å²) < 4.78 is -1.10. The Morgan fingerprint density at radius 1 is 1.30 bits per heavy atom. The van der Waals surface area contributed by atoms with E-state index >= 15 is 0 Å². The van der Waals surface area contributed by atoms with Crippen LogP contribution in [-0.2, 0) is 14.4 Å². The molecular formula is C14H15NO4S. The second-order valence-corrected chi connectivity index (χ2v) is 6.85. The topological polar surface area (TPSA) is 74.7 Å². The molecule has 0 spiro atoms. The fourth-order valence-electron chi connectivity index (χ4n) is 1.95. The highest BCUT2D eigenvalue weighted by Gasteiger charge is 2.44. The van der Waals surface area contributed by atoms with Crippen molar-refractivity contribution < 1.29 is 19.5 Å². The van der Waals surface area contributed by atoms with Gasteiger partial charge in [-0.2, -0.15) is 0 Å². The van der Waals surface area contributed by atoms with Gasteiger partial charge in [0.2, 0.25) is 11.8 Å². The number of hydrogen-bond donors (Lipinski definition) is 1. The summed E-state index contributed by atoms with van der Waals surface area (Å²) in [6, 6.07) is 8.67. The largest absolute Gasteiger partial charge is 0.480 e. The number of benzene rings is 1. The zero-order chi connectivity index (χ0) is 14.9. The van der Waals surface area contributed by atoms with E-state index in [-0.39, 0.29) is 18.2 Å². The van der Waals surface area contributed by atoms with E-state index in [1.54, 1.807) is 30.3 Å². The lowest BCUT2D eigenvalue weighted by molar-refractivity contribution is -0.138. The molecule has 2 amide bonds. The molecule has 20 heavy (non-hydrogen) atoms. The molecule has 1 unspecified atom stereocenters. The normalized spacial score (nSPS) is 19.5. The summed E-state index contributed by atoms with van der Waals surface area (Å²) in [7, 11) is 0. The van der Waals surface area contributed by atoms with Crippen LogP contribution in [0.15, 0.2) is 30.3 Å². The van der Waals surface area contributed by atoms with Crippen molar-refractivity contribution >= 4 is 35.2 Å². The molecule has 2 rings (SSSR count). The van der Waals surface area contributed by atoms with Crippen LogP contribution >= 0.6 is 11.8 Å². The standard InChI is InChI=1S/C14H15NO4S/c1-14(2,13(18)19)20-10-8-11(16)15(12(10)17)9-6-4-3-5-7-9/h3-7,10H,8H2,1-2H3,(H,18,19). The maximum Gasteiger partial charge on any atom is 0.319 e. The monoisotopic (exact) mass is 293 g/mol. The van der Waals surface area contributed by atoms with Gasteiger partial charge in [-0.25, -0.2) is 4.90 Å². The molecule has 1 N–H and O–H groups in total. The molecule has 1 aliphatic heterocycles. The van der Waals surface area contributed by atoms with Gasteiger partial charge in [-0.15, -0.1) is 11.8 Å². The van der Waals surface area contributed by atoms with Crippen LogP contribution in [0.1, 0.15) is 20.3 Å². The van der Waals surface area contributed by atoms with Gasteiger partial charge >= 0.3 is 5.97 Å². The number of carboxylic acids is 1. The molecule has 106 valence electrons. The van der Waals surface area contributed by atoms with Gasteiger partial charge in [-0.1, -0.05) is 18.2 Å². The zero-order valence-corrected chi connectivity index (χ0v) is 12.0. The summed E-state index contributed by atoms with van der Waals surface area (Å²) in [5.41, 5.74) is 0.527. The smallest absolute Gasteiger partial charge is 0.319 e. The number of carboxylic acid groups (broad SMARTS) is 1.